The summed E-state index contributed by atoms with van der Waals surface area (Å²) in [5, 5.41) is 3.95. The first-order valence-corrected chi connectivity index (χ1v) is 9.06. The van der Waals surface area contributed by atoms with E-state index in [9.17, 15) is 14.4 Å². The van der Waals surface area contributed by atoms with Gasteiger partial charge in [-0.05, 0) is 30.7 Å². The van der Waals surface area contributed by atoms with Crippen molar-refractivity contribution in [2.45, 2.75) is 13.5 Å². The molecule has 3 rings (SSSR count). The molecule has 0 aliphatic heterocycles. The van der Waals surface area contributed by atoms with Crippen molar-refractivity contribution in [3.05, 3.63) is 75.0 Å². The van der Waals surface area contributed by atoms with Gasteiger partial charge in [0.2, 0.25) is 5.91 Å². The number of pyridine rings is 1. The molecule has 0 atom stereocenters. The molecule has 0 bridgehead atoms. The van der Waals surface area contributed by atoms with Crippen molar-refractivity contribution in [3.8, 4) is 0 Å². The molecule has 0 aliphatic carbocycles. The number of benzene rings is 2. The number of amides is 2. The van der Waals surface area contributed by atoms with Crippen molar-refractivity contribution in [2.75, 3.05) is 19.4 Å². The molecule has 144 valence electrons. The summed E-state index contributed by atoms with van der Waals surface area (Å²) in [5.74, 6) is -0.622. The zero-order valence-electron chi connectivity index (χ0n) is 15.8. The highest BCUT2D eigenvalue weighted by atomic mass is 35.5. The summed E-state index contributed by atoms with van der Waals surface area (Å²) < 4.78 is 1.36. The number of rotatable bonds is 4. The predicted molar refractivity (Wildman–Crippen MR) is 111 cm³/mol. The van der Waals surface area contributed by atoms with Crippen molar-refractivity contribution in [2.24, 2.45) is 0 Å². The van der Waals surface area contributed by atoms with Gasteiger partial charge in [0.25, 0.3) is 11.5 Å². The topological polar surface area (TPSA) is 71.4 Å². The van der Waals surface area contributed by atoms with E-state index >= 15 is 0 Å². The molecule has 0 saturated heterocycles. The molecule has 0 radical (unpaired) electrons. The van der Waals surface area contributed by atoms with Gasteiger partial charge < -0.3 is 10.2 Å². The van der Waals surface area contributed by atoms with Gasteiger partial charge in [-0.1, -0.05) is 35.9 Å². The number of halogens is 1. The molecule has 1 aromatic heterocycles. The summed E-state index contributed by atoms with van der Waals surface area (Å²) in [4.78, 5) is 39.1. The van der Waals surface area contributed by atoms with E-state index in [1.807, 2.05) is 0 Å². The maximum atomic E-state index is 12.7. The van der Waals surface area contributed by atoms with Crippen molar-refractivity contribution >= 4 is 40.0 Å². The Kier molecular flexibility index (Phi) is 5.51. The van der Waals surface area contributed by atoms with Crippen LogP contribution >= 0.6 is 11.6 Å². The van der Waals surface area contributed by atoms with Gasteiger partial charge in [0.15, 0.2) is 0 Å². The van der Waals surface area contributed by atoms with Gasteiger partial charge in [-0.2, -0.15) is 0 Å². The van der Waals surface area contributed by atoms with E-state index in [0.717, 1.165) is 5.56 Å². The van der Waals surface area contributed by atoms with Gasteiger partial charge in [0.1, 0.15) is 6.54 Å². The number of carbonyl (C=O) groups is 2. The highest BCUT2D eigenvalue weighted by Gasteiger charge is 2.17. The summed E-state index contributed by atoms with van der Waals surface area (Å²) in [6.45, 7) is 1.63. The second kappa shape index (κ2) is 7.86. The molecule has 0 fully saturated rings. The molecule has 1 heterocycles. The van der Waals surface area contributed by atoms with Crippen LogP contribution < -0.4 is 10.9 Å². The van der Waals surface area contributed by atoms with Crippen LogP contribution in [0.25, 0.3) is 10.9 Å². The highest BCUT2D eigenvalue weighted by Crippen LogP contribution is 2.23. The van der Waals surface area contributed by atoms with E-state index in [-0.39, 0.29) is 18.4 Å². The predicted octanol–water partition coefficient (Wildman–Crippen LogP) is 3.30. The minimum absolute atomic E-state index is 0.179. The molecule has 0 unspecified atom stereocenters. The number of hydrogen-bond acceptors (Lipinski definition) is 3. The SMILES string of the molecule is Cc1c(Cl)cccc1NC(=O)Cn1c(=O)cc(C(=O)N(C)C)c2ccccc21. The van der Waals surface area contributed by atoms with Crippen LogP contribution in [0, 0.1) is 6.92 Å². The Bertz CT molecular complexity index is 1140. The van der Waals surface area contributed by atoms with Gasteiger partial charge in [-0.15, -0.1) is 0 Å². The minimum atomic E-state index is -0.415. The maximum absolute atomic E-state index is 12.7. The third-order valence-corrected chi connectivity index (χ3v) is 4.91. The Balaban J connectivity index is 2.00. The highest BCUT2D eigenvalue weighted by molar-refractivity contribution is 6.31. The number of hydrogen-bond donors (Lipinski definition) is 1. The zero-order chi connectivity index (χ0) is 20.4. The first-order valence-electron chi connectivity index (χ1n) is 8.69. The van der Waals surface area contributed by atoms with E-state index in [2.05, 4.69) is 5.32 Å². The van der Waals surface area contributed by atoms with E-state index in [0.29, 0.717) is 27.2 Å². The molecule has 0 spiro atoms. The molecule has 0 saturated carbocycles. The van der Waals surface area contributed by atoms with E-state index < -0.39 is 5.56 Å². The standard InChI is InChI=1S/C21H20ClN3O3/c1-13-16(22)8-6-9-17(13)23-19(26)12-25-18-10-5-4-7-14(18)15(11-20(25)27)21(28)24(2)3/h4-11H,12H2,1-3H3,(H,23,26). The number of aromatic nitrogens is 1. The van der Waals surface area contributed by atoms with Crippen LogP contribution in [0.4, 0.5) is 5.69 Å². The summed E-state index contributed by atoms with van der Waals surface area (Å²) in [6.07, 6.45) is 0. The van der Waals surface area contributed by atoms with Crippen LogP contribution in [0.3, 0.4) is 0 Å². The second-order valence-electron chi connectivity index (χ2n) is 6.66. The van der Waals surface area contributed by atoms with Crippen molar-refractivity contribution in [1.82, 2.24) is 9.47 Å². The molecule has 2 amide bonds. The Labute approximate surface area is 167 Å². The van der Waals surface area contributed by atoms with Crippen LogP contribution in [0.1, 0.15) is 15.9 Å². The Morgan fingerprint density at radius 2 is 1.82 bits per heavy atom. The number of anilines is 1. The quantitative estimate of drug-likeness (QED) is 0.734. The Morgan fingerprint density at radius 1 is 1.11 bits per heavy atom. The van der Waals surface area contributed by atoms with Gasteiger partial charge in [-0.3, -0.25) is 19.0 Å². The molecule has 2 aromatic carbocycles. The number of nitrogens with zero attached hydrogens (tertiary/aromatic N) is 2. The van der Waals surface area contributed by atoms with E-state index in [4.69, 9.17) is 11.6 Å². The lowest BCUT2D eigenvalue weighted by atomic mass is 10.1. The monoisotopic (exact) mass is 397 g/mol. The summed E-state index contributed by atoms with van der Waals surface area (Å²) in [5.41, 5.74) is 1.77. The van der Waals surface area contributed by atoms with Crippen LogP contribution in [0.2, 0.25) is 5.02 Å². The lowest BCUT2D eigenvalue weighted by molar-refractivity contribution is -0.116. The maximum Gasteiger partial charge on any atom is 0.254 e. The number of fused-ring (bicyclic) bond motifs is 1. The molecular weight excluding hydrogens is 378 g/mol. The van der Waals surface area contributed by atoms with Gasteiger partial charge in [0, 0.05) is 36.3 Å². The van der Waals surface area contributed by atoms with E-state index in [1.54, 1.807) is 63.5 Å². The lowest BCUT2D eigenvalue weighted by Crippen LogP contribution is -2.30. The Hall–Kier alpha value is -3.12. The number of nitrogens with one attached hydrogen (secondary N) is 1. The van der Waals surface area contributed by atoms with Crippen molar-refractivity contribution in [1.29, 1.82) is 0 Å². The third-order valence-electron chi connectivity index (χ3n) is 4.50. The van der Waals surface area contributed by atoms with Gasteiger partial charge in [-0.25, -0.2) is 0 Å². The first kappa shape index (κ1) is 19.6. The molecular formula is C21H20ClN3O3. The van der Waals surface area contributed by atoms with Crippen LogP contribution in [0.5, 0.6) is 0 Å². The van der Waals surface area contributed by atoms with Crippen molar-refractivity contribution in [3.63, 3.8) is 0 Å². The van der Waals surface area contributed by atoms with Crippen LogP contribution in [-0.2, 0) is 11.3 Å². The van der Waals surface area contributed by atoms with E-state index in [1.165, 1.54) is 15.5 Å². The fourth-order valence-corrected chi connectivity index (χ4v) is 3.17. The van der Waals surface area contributed by atoms with Crippen LogP contribution in [-0.4, -0.2) is 35.4 Å². The minimum Gasteiger partial charge on any atom is -0.345 e. The van der Waals surface area contributed by atoms with Crippen molar-refractivity contribution < 1.29 is 9.59 Å². The fraction of sp³-hybridized carbons (Fsp3) is 0.190. The first-order chi connectivity index (χ1) is 13.3. The molecule has 6 nitrogen and oxygen atoms in total. The van der Waals surface area contributed by atoms with Gasteiger partial charge >= 0.3 is 0 Å². The molecule has 3 aromatic rings. The van der Waals surface area contributed by atoms with Crippen LogP contribution in [0.15, 0.2) is 53.3 Å². The second-order valence-corrected chi connectivity index (χ2v) is 7.07. The van der Waals surface area contributed by atoms with Gasteiger partial charge in [0.05, 0.1) is 11.1 Å². The summed E-state index contributed by atoms with van der Waals surface area (Å²) in [7, 11) is 3.26. The average molecular weight is 398 g/mol. The molecule has 28 heavy (non-hydrogen) atoms. The number of para-hydroxylation sites is 1. The molecule has 7 heteroatoms. The zero-order valence-corrected chi connectivity index (χ0v) is 16.6. The normalized spacial score (nSPS) is 10.7. The Morgan fingerprint density at radius 3 is 2.54 bits per heavy atom. The lowest BCUT2D eigenvalue weighted by Gasteiger charge is -2.16. The molecule has 0 aliphatic rings. The smallest absolute Gasteiger partial charge is 0.254 e. The number of carbonyl (C=O) groups excluding carboxylic acids is 2. The third kappa shape index (κ3) is 3.77. The largest absolute Gasteiger partial charge is 0.345 e. The summed E-state index contributed by atoms with van der Waals surface area (Å²) >= 11 is 6.09. The molecule has 1 N–H and O–H groups in total. The summed E-state index contributed by atoms with van der Waals surface area (Å²) in [6, 6.07) is 13.6. The fourth-order valence-electron chi connectivity index (χ4n) is 2.99. The average Bonchev–Trinajstić information content (AvgIpc) is 2.66.